The highest BCUT2D eigenvalue weighted by Gasteiger charge is 2.18. The molecule has 0 heterocycles. The van der Waals surface area contributed by atoms with Gasteiger partial charge in [0.1, 0.15) is 0 Å². The molecule has 0 amide bonds. The van der Waals surface area contributed by atoms with Crippen molar-refractivity contribution >= 4 is 43.1 Å². The molecule has 0 aliphatic carbocycles. The molecule has 0 saturated carbocycles. The van der Waals surface area contributed by atoms with Crippen LogP contribution in [0.4, 0.5) is 0 Å². The lowest BCUT2D eigenvalue weighted by Gasteiger charge is -2.19. The van der Waals surface area contributed by atoms with Crippen LogP contribution in [0.3, 0.4) is 0 Å². The average Bonchev–Trinajstić information content (AvgIpc) is 3.22. The van der Waals surface area contributed by atoms with Gasteiger partial charge in [-0.05, 0) is 124 Å². The van der Waals surface area contributed by atoms with Gasteiger partial charge in [-0.2, -0.15) is 0 Å². The first kappa shape index (κ1) is 31.0. The second-order valence-corrected chi connectivity index (χ2v) is 14.2. The van der Waals surface area contributed by atoms with Crippen molar-refractivity contribution in [3.8, 4) is 55.6 Å². The van der Waals surface area contributed by atoms with Gasteiger partial charge in [0.15, 0.2) is 0 Å². The van der Waals surface area contributed by atoms with E-state index in [4.69, 9.17) is 0 Å². The normalized spacial score (nSPS) is 11.5. The van der Waals surface area contributed by atoms with Gasteiger partial charge in [-0.1, -0.05) is 188 Å². The van der Waals surface area contributed by atoms with Crippen molar-refractivity contribution in [3.05, 3.63) is 206 Å². The Morgan fingerprint density at radius 3 is 1.08 bits per heavy atom. The van der Waals surface area contributed by atoms with Crippen LogP contribution in [0.25, 0.3) is 98.7 Å². The van der Waals surface area contributed by atoms with Crippen LogP contribution in [0.2, 0.25) is 0 Å². The maximum Gasteiger partial charge on any atom is -0.00261 e. The number of hydrogen-bond acceptors (Lipinski definition) is 0. The zero-order valence-electron chi connectivity index (χ0n) is 29.6. The monoisotopic (exact) mass is 672 g/mol. The van der Waals surface area contributed by atoms with Gasteiger partial charge in [0.25, 0.3) is 0 Å². The Balaban J connectivity index is 1.15. The number of benzene rings is 10. The van der Waals surface area contributed by atoms with E-state index in [1.54, 1.807) is 0 Å². The number of rotatable bonds is 5. The first-order chi connectivity index (χ1) is 26.2. The van der Waals surface area contributed by atoms with Gasteiger partial charge >= 0.3 is 0 Å². The first-order valence-electron chi connectivity index (χ1n) is 18.4. The van der Waals surface area contributed by atoms with Gasteiger partial charge in [-0.3, -0.25) is 0 Å². The van der Waals surface area contributed by atoms with E-state index < -0.39 is 0 Å². The molecule has 0 spiro atoms. The Bertz CT molecular complexity index is 2960. The number of aryl methyl sites for hydroxylation is 1. The van der Waals surface area contributed by atoms with Crippen molar-refractivity contribution in [1.82, 2.24) is 0 Å². The summed E-state index contributed by atoms with van der Waals surface area (Å²) in [5.41, 5.74) is 13.6. The van der Waals surface area contributed by atoms with Crippen LogP contribution in [0.5, 0.6) is 0 Å². The van der Waals surface area contributed by atoms with Crippen molar-refractivity contribution in [2.45, 2.75) is 6.92 Å². The molecule has 0 aliphatic heterocycles. The van der Waals surface area contributed by atoms with E-state index in [9.17, 15) is 0 Å². The summed E-state index contributed by atoms with van der Waals surface area (Å²) in [6.07, 6.45) is 0. The third kappa shape index (κ3) is 5.57. The van der Waals surface area contributed by atoms with Crippen LogP contribution in [-0.2, 0) is 0 Å². The largest absolute Gasteiger partial charge is 0.0616 e. The minimum Gasteiger partial charge on any atom is -0.0616 e. The molecule has 0 aliphatic rings. The minimum absolute atomic E-state index is 1.22. The molecule has 10 rings (SSSR count). The SMILES string of the molecule is Cc1ccc(-c2ccc3c(-c4ccc(-c5ccc6ccccc6c5)cc4)c4ccccc4c(-c4ccc(-c5ccc6ccccc6c5)cc4)c3c2)cc1. The molecule has 248 valence electrons. The number of fused-ring (bicyclic) bond motifs is 4. The third-order valence-corrected chi connectivity index (χ3v) is 10.9. The number of hydrogen-bond donors (Lipinski definition) is 0. The Labute approximate surface area is 310 Å². The molecule has 0 heteroatoms. The predicted molar refractivity (Wildman–Crippen MR) is 228 cm³/mol. The van der Waals surface area contributed by atoms with E-state index in [1.807, 2.05) is 0 Å². The molecule has 0 bridgehead atoms. The molecule has 10 aromatic rings. The maximum atomic E-state index is 2.41. The van der Waals surface area contributed by atoms with Crippen LogP contribution in [0, 0.1) is 6.92 Å². The summed E-state index contributed by atoms with van der Waals surface area (Å²) in [5, 5.41) is 10.1. The van der Waals surface area contributed by atoms with E-state index in [0.717, 1.165) is 0 Å². The second-order valence-electron chi connectivity index (χ2n) is 14.2. The van der Waals surface area contributed by atoms with E-state index in [-0.39, 0.29) is 0 Å². The Kier molecular flexibility index (Phi) is 7.48. The van der Waals surface area contributed by atoms with Crippen LogP contribution < -0.4 is 0 Å². The van der Waals surface area contributed by atoms with Crippen molar-refractivity contribution in [1.29, 1.82) is 0 Å². The summed E-state index contributed by atoms with van der Waals surface area (Å²) in [7, 11) is 0. The minimum atomic E-state index is 1.22. The summed E-state index contributed by atoms with van der Waals surface area (Å²) in [4.78, 5) is 0. The van der Waals surface area contributed by atoms with Crippen LogP contribution >= 0.6 is 0 Å². The lowest BCUT2D eigenvalue weighted by atomic mass is 9.84. The van der Waals surface area contributed by atoms with E-state index >= 15 is 0 Å². The smallest absolute Gasteiger partial charge is 0.00261 e. The summed E-state index contributed by atoms with van der Waals surface area (Å²) in [6, 6.07) is 73.8. The molecule has 0 radical (unpaired) electrons. The second kappa shape index (κ2) is 12.8. The Morgan fingerprint density at radius 2 is 0.566 bits per heavy atom. The lowest BCUT2D eigenvalue weighted by molar-refractivity contribution is 1.47. The standard InChI is InChI=1S/C53H36/c1-35-14-16-38(17-15-35)47-30-31-50-51(34-47)53(42-26-20-40(21-27-42)46-29-23-37-9-3-5-11-44(37)33-46)49-13-7-6-12-48(49)52(50)41-24-18-39(19-25-41)45-28-22-36-8-2-4-10-43(36)32-45/h2-34H,1H3. The van der Waals surface area contributed by atoms with E-state index in [2.05, 4.69) is 207 Å². The topological polar surface area (TPSA) is 0 Å². The van der Waals surface area contributed by atoms with Crippen molar-refractivity contribution in [3.63, 3.8) is 0 Å². The van der Waals surface area contributed by atoms with Gasteiger partial charge < -0.3 is 0 Å². The van der Waals surface area contributed by atoms with Crippen molar-refractivity contribution in [2.24, 2.45) is 0 Å². The molecular formula is C53H36. The fraction of sp³-hybridized carbons (Fsp3) is 0.0189. The molecule has 0 N–H and O–H groups in total. The van der Waals surface area contributed by atoms with Gasteiger partial charge in [0.2, 0.25) is 0 Å². The summed E-state index contributed by atoms with van der Waals surface area (Å²) >= 11 is 0. The van der Waals surface area contributed by atoms with Gasteiger partial charge in [0.05, 0.1) is 0 Å². The van der Waals surface area contributed by atoms with Crippen molar-refractivity contribution < 1.29 is 0 Å². The molecule has 53 heavy (non-hydrogen) atoms. The van der Waals surface area contributed by atoms with Gasteiger partial charge in [0, 0.05) is 0 Å². The molecule has 10 aromatic carbocycles. The third-order valence-electron chi connectivity index (χ3n) is 10.9. The Morgan fingerprint density at radius 1 is 0.226 bits per heavy atom. The van der Waals surface area contributed by atoms with E-state index in [0.29, 0.717) is 0 Å². The van der Waals surface area contributed by atoms with Crippen LogP contribution in [0.1, 0.15) is 5.56 Å². The van der Waals surface area contributed by atoms with Crippen LogP contribution in [0.15, 0.2) is 200 Å². The highest BCUT2D eigenvalue weighted by atomic mass is 14.2. The average molecular weight is 673 g/mol. The van der Waals surface area contributed by atoms with Gasteiger partial charge in [-0.15, -0.1) is 0 Å². The van der Waals surface area contributed by atoms with Crippen molar-refractivity contribution in [2.75, 3.05) is 0 Å². The zero-order valence-corrected chi connectivity index (χ0v) is 29.6. The maximum absolute atomic E-state index is 2.41. The molecule has 0 atom stereocenters. The molecule has 0 fully saturated rings. The van der Waals surface area contributed by atoms with Crippen LogP contribution in [-0.4, -0.2) is 0 Å². The predicted octanol–water partition coefficient (Wildman–Crippen LogP) is 14.9. The van der Waals surface area contributed by atoms with Gasteiger partial charge in [-0.25, -0.2) is 0 Å². The zero-order chi connectivity index (χ0) is 35.3. The lowest BCUT2D eigenvalue weighted by Crippen LogP contribution is -1.92. The fourth-order valence-corrected chi connectivity index (χ4v) is 8.12. The quantitative estimate of drug-likeness (QED) is 0.160. The summed E-state index contributed by atoms with van der Waals surface area (Å²) in [5.74, 6) is 0. The Hall–Kier alpha value is -6.76. The highest BCUT2D eigenvalue weighted by molar-refractivity contribution is 6.22. The fourth-order valence-electron chi connectivity index (χ4n) is 8.12. The molecule has 0 aromatic heterocycles. The summed E-state index contributed by atoms with van der Waals surface area (Å²) in [6.45, 7) is 2.15. The molecular weight excluding hydrogens is 637 g/mol. The summed E-state index contributed by atoms with van der Waals surface area (Å²) < 4.78 is 0. The first-order valence-corrected chi connectivity index (χ1v) is 18.4. The molecule has 0 nitrogen and oxygen atoms in total. The van der Waals surface area contributed by atoms with E-state index in [1.165, 1.54) is 104 Å². The molecule has 0 saturated heterocycles. The molecule has 0 unspecified atom stereocenters. The highest BCUT2D eigenvalue weighted by Crippen LogP contribution is 2.45.